The number of para-hydroxylation sites is 1. The van der Waals surface area contributed by atoms with Gasteiger partial charge in [0, 0.05) is 16.0 Å². The van der Waals surface area contributed by atoms with Gasteiger partial charge in [-0.1, -0.05) is 36.0 Å². The van der Waals surface area contributed by atoms with Crippen molar-refractivity contribution in [1.29, 1.82) is 0 Å². The summed E-state index contributed by atoms with van der Waals surface area (Å²) in [4.78, 5) is 20.7. The molecule has 0 radical (unpaired) electrons. The summed E-state index contributed by atoms with van der Waals surface area (Å²) in [5.41, 5.74) is 13.1. The lowest BCUT2D eigenvalue weighted by atomic mass is 10.2. The molecule has 0 saturated carbocycles. The highest BCUT2D eigenvalue weighted by Crippen LogP contribution is 2.36. The molecule has 0 aliphatic carbocycles. The van der Waals surface area contributed by atoms with Crippen molar-refractivity contribution < 1.29 is 4.79 Å². The maximum absolute atomic E-state index is 11.5. The summed E-state index contributed by atoms with van der Waals surface area (Å²) in [6.45, 7) is 0. The number of carbonyl (C=O) groups excluding carboxylic acids is 1. The first-order chi connectivity index (χ1) is 10.2. The SMILES string of the molecule is NC(=O)c1cccc(N)c1Sc1ncnc2ccccc12. The number of nitrogens with two attached hydrogens (primary N) is 2. The topological polar surface area (TPSA) is 94.9 Å². The maximum Gasteiger partial charge on any atom is 0.249 e. The van der Waals surface area contributed by atoms with Gasteiger partial charge in [0.15, 0.2) is 0 Å². The molecule has 1 heterocycles. The van der Waals surface area contributed by atoms with Gasteiger partial charge in [-0.25, -0.2) is 9.97 Å². The van der Waals surface area contributed by atoms with E-state index in [0.717, 1.165) is 15.9 Å². The van der Waals surface area contributed by atoms with E-state index in [1.165, 1.54) is 18.1 Å². The molecule has 0 unspecified atom stereocenters. The highest BCUT2D eigenvalue weighted by Gasteiger charge is 2.14. The molecule has 0 spiro atoms. The highest BCUT2D eigenvalue weighted by atomic mass is 32.2. The standard InChI is InChI=1S/C15H12N4OS/c16-11-6-3-5-10(14(17)20)13(11)21-15-9-4-1-2-7-12(9)18-8-19-15/h1-8H,16H2,(H2,17,20). The van der Waals surface area contributed by atoms with Crippen LogP contribution in [0.4, 0.5) is 5.69 Å². The third kappa shape index (κ3) is 2.53. The first-order valence-electron chi connectivity index (χ1n) is 6.22. The summed E-state index contributed by atoms with van der Waals surface area (Å²) in [6, 6.07) is 12.8. The fourth-order valence-electron chi connectivity index (χ4n) is 2.02. The van der Waals surface area contributed by atoms with Crippen LogP contribution in [-0.4, -0.2) is 15.9 Å². The molecule has 0 fully saturated rings. The van der Waals surface area contributed by atoms with Crippen molar-refractivity contribution in [2.24, 2.45) is 5.73 Å². The average molecular weight is 296 g/mol. The van der Waals surface area contributed by atoms with Crippen LogP contribution in [0.2, 0.25) is 0 Å². The molecule has 0 atom stereocenters. The molecule has 2 aromatic carbocycles. The summed E-state index contributed by atoms with van der Waals surface area (Å²) in [5, 5.41) is 1.64. The van der Waals surface area contributed by atoms with E-state index in [-0.39, 0.29) is 0 Å². The second-order valence-electron chi connectivity index (χ2n) is 4.39. The molecule has 4 N–H and O–H groups in total. The number of anilines is 1. The van der Waals surface area contributed by atoms with Crippen LogP contribution in [0.25, 0.3) is 10.9 Å². The minimum atomic E-state index is -0.511. The van der Waals surface area contributed by atoms with Gasteiger partial charge in [-0.2, -0.15) is 0 Å². The first-order valence-corrected chi connectivity index (χ1v) is 7.04. The Bertz CT molecular complexity index is 830. The molecule has 104 valence electrons. The fraction of sp³-hybridized carbons (Fsp3) is 0. The summed E-state index contributed by atoms with van der Waals surface area (Å²) in [7, 11) is 0. The summed E-state index contributed by atoms with van der Waals surface area (Å²) in [6.07, 6.45) is 1.49. The molecule has 6 heteroatoms. The van der Waals surface area contributed by atoms with E-state index in [1.807, 2.05) is 24.3 Å². The first kappa shape index (κ1) is 13.4. The molecule has 21 heavy (non-hydrogen) atoms. The van der Waals surface area contributed by atoms with E-state index in [2.05, 4.69) is 9.97 Å². The van der Waals surface area contributed by atoms with E-state index in [0.29, 0.717) is 16.1 Å². The predicted octanol–water partition coefficient (Wildman–Crippen LogP) is 2.46. The van der Waals surface area contributed by atoms with Gasteiger partial charge >= 0.3 is 0 Å². The average Bonchev–Trinajstić information content (AvgIpc) is 2.49. The Hall–Kier alpha value is -2.60. The molecule has 3 aromatic rings. The van der Waals surface area contributed by atoms with Gasteiger partial charge in [0.25, 0.3) is 0 Å². The van der Waals surface area contributed by atoms with Gasteiger partial charge in [-0.3, -0.25) is 4.79 Å². The van der Waals surface area contributed by atoms with Gasteiger partial charge in [-0.15, -0.1) is 0 Å². The Morgan fingerprint density at radius 2 is 1.86 bits per heavy atom. The number of nitrogens with zero attached hydrogens (tertiary/aromatic N) is 2. The van der Waals surface area contributed by atoms with Gasteiger partial charge in [0.1, 0.15) is 11.4 Å². The van der Waals surface area contributed by atoms with Crippen molar-refractivity contribution in [2.45, 2.75) is 9.92 Å². The zero-order chi connectivity index (χ0) is 14.8. The Balaban J connectivity index is 2.13. The van der Waals surface area contributed by atoms with Crippen molar-refractivity contribution in [3.8, 4) is 0 Å². The van der Waals surface area contributed by atoms with Crippen molar-refractivity contribution in [1.82, 2.24) is 9.97 Å². The van der Waals surface area contributed by atoms with E-state index in [9.17, 15) is 4.79 Å². The number of rotatable bonds is 3. The molecule has 0 saturated heterocycles. The number of amides is 1. The molecule has 1 aromatic heterocycles. The Kier molecular flexibility index (Phi) is 3.45. The smallest absolute Gasteiger partial charge is 0.249 e. The lowest BCUT2D eigenvalue weighted by Gasteiger charge is -2.10. The number of benzene rings is 2. The fourth-order valence-corrected chi connectivity index (χ4v) is 3.06. The molecule has 5 nitrogen and oxygen atoms in total. The zero-order valence-corrected chi connectivity index (χ0v) is 11.8. The van der Waals surface area contributed by atoms with Gasteiger partial charge in [-0.05, 0) is 18.2 Å². The van der Waals surface area contributed by atoms with E-state index < -0.39 is 5.91 Å². The van der Waals surface area contributed by atoms with E-state index in [4.69, 9.17) is 11.5 Å². The molecule has 1 amide bonds. The van der Waals surface area contributed by atoms with Crippen LogP contribution in [0.3, 0.4) is 0 Å². The summed E-state index contributed by atoms with van der Waals surface area (Å²) >= 11 is 1.32. The number of primary amides is 1. The Labute approximate surface area is 125 Å². The number of hydrogen-bond acceptors (Lipinski definition) is 5. The lowest BCUT2D eigenvalue weighted by molar-refractivity contribution is 0.0997. The highest BCUT2D eigenvalue weighted by molar-refractivity contribution is 7.99. The lowest BCUT2D eigenvalue weighted by Crippen LogP contribution is -2.13. The van der Waals surface area contributed by atoms with Crippen molar-refractivity contribution in [3.05, 3.63) is 54.4 Å². The van der Waals surface area contributed by atoms with Crippen LogP contribution in [0.15, 0.2) is 58.7 Å². The van der Waals surface area contributed by atoms with Crippen LogP contribution in [0, 0.1) is 0 Å². The molecular weight excluding hydrogens is 284 g/mol. The van der Waals surface area contributed by atoms with Crippen LogP contribution in [0.5, 0.6) is 0 Å². The van der Waals surface area contributed by atoms with E-state index >= 15 is 0 Å². The molecule has 0 aliphatic rings. The number of fused-ring (bicyclic) bond motifs is 1. The van der Waals surface area contributed by atoms with Crippen LogP contribution in [-0.2, 0) is 0 Å². The number of aromatic nitrogens is 2. The van der Waals surface area contributed by atoms with Crippen LogP contribution < -0.4 is 11.5 Å². The molecule has 3 rings (SSSR count). The minimum Gasteiger partial charge on any atom is -0.398 e. The van der Waals surface area contributed by atoms with Crippen LogP contribution >= 0.6 is 11.8 Å². The largest absolute Gasteiger partial charge is 0.398 e. The van der Waals surface area contributed by atoms with Crippen molar-refractivity contribution in [2.75, 3.05) is 5.73 Å². The monoisotopic (exact) mass is 296 g/mol. The maximum atomic E-state index is 11.5. The normalized spacial score (nSPS) is 10.7. The number of carbonyl (C=O) groups is 1. The van der Waals surface area contributed by atoms with Crippen molar-refractivity contribution in [3.63, 3.8) is 0 Å². The zero-order valence-electron chi connectivity index (χ0n) is 11.0. The summed E-state index contributed by atoms with van der Waals surface area (Å²) < 4.78 is 0. The van der Waals surface area contributed by atoms with Gasteiger partial charge in [0.05, 0.1) is 11.1 Å². The third-order valence-electron chi connectivity index (χ3n) is 3.02. The third-order valence-corrected chi connectivity index (χ3v) is 4.19. The molecular formula is C15H12N4OS. The molecule has 0 bridgehead atoms. The Morgan fingerprint density at radius 3 is 2.67 bits per heavy atom. The van der Waals surface area contributed by atoms with E-state index in [1.54, 1.807) is 18.2 Å². The van der Waals surface area contributed by atoms with Crippen LogP contribution in [0.1, 0.15) is 10.4 Å². The Morgan fingerprint density at radius 1 is 1.05 bits per heavy atom. The van der Waals surface area contributed by atoms with Gasteiger partial charge in [0.2, 0.25) is 5.91 Å². The van der Waals surface area contributed by atoms with Crippen molar-refractivity contribution >= 4 is 34.3 Å². The predicted molar refractivity (Wildman–Crippen MR) is 83.0 cm³/mol. The molecule has 0 aliphatic heterocycles. The number of hydrogen-bond donors (Lipinski definition) is 2. The minimum absolute atomic E-state index is 0.391. The van der Waals surface area contributed by atoms with Gasteiger partial charge < -0.3 is 11.5 Å². The second kappa shape index (κ2) is 5.41. The number of nitrogen functional groups attached to an aromatic ring is 1. The second-order valence-corrected chi connectivity index (χ2v) is 5.39. The summed E-state index contributed by atoms with van der Waals surface area (Å²) in [5.74, 6) is -0.511. The quantitative estimate of drug-likeness (QED) is 0.572.